The number of aliphatic hydroxyl groups is 1. The van der Waals surface area contributed by atoms with E-state index in [0.717, 1.165) is 13.1 Å². The standard InChI is InChI=1S/C18H23NO2/c1-21-14-18(20)11-12-19-13-15-7-9-17(10-8-15)16-5-3-2-4-6-16/h2-10,18-20H,11-14H2,1H3. The van der Waals surface area contributed by atoms with Gasteiger partial charge in [0.1, 0.15) is 0 Å². The minimum absolute atomic E-state index is 0.386. The highest BCUT2D eigenvalue weighted by atomic mass is 16.5. The number of hydrogen-bond donors (Lipinski definition) is 2. The molecule has 112 valence electrons. The maximum absolute atomic E-state index is 9.54. The molecule has 2 rings (SSSR count). The zero-order valence-electron chi connectivity index (χ0n) is 12.5. The van der Waals surface area contributed by atoms with Gasteiger partial charge in [0.15, 0.2) is 0 Å². The predicted molar refractivity (Wildman–Crippen MR) is 86.1 cm³/mol. The Morgan fingerprint density at radius 1 is 1.00 bits per heavy atom. The fraction of sp³-hybridized carbons (Fsp3) is 0.333. The van der Waals surface area contributed by atoms with Crippen molar-refractivity contribution in [3.8, 4) is 11.1 Å². The van der Waals surface area contributed by atoms with Gasteiger partial charge in [-0.1, -0.05) is 54.6 Å². The van der Waals surface area contributed by atoms with Crippen molar-refractivity contribution < 1.29 is 9.84 Å². The second-order valence-electron chi connectivity index (χ2n) is 5.14. The van der Waals surface area contributed by atoms with Gasteiger partial charge in [0.25, 0.3) is 0 Å². The van der Waals surface area contributed by atoms with Crippen LogP contribution in [0.2, 0.25) is 0 Å². The molecule has 0 amide bonds. The molecule has 3 nitrogen and oxygen atoms in total. The van der Waals surface area contributed by atoms with E-state index in [9.17, 15) is 5.11 Å². The topological polar surface area (TPSA) is 41.5 Å². The van der Waals surface area contributed by atoms with E-state index >= 15 is 0 Å². The minimum atomic E-state index is -0.386. The molecule has 0 saturated heterocycles. The average Bonchev–Trinajstić information content (AvgIpc) is 2.53. The summed E-state index contributed by atoms with van der Waals surface area (Å²) in [4.78, 5) is 0. The first-order chi connectivity index (χ1) is 10.3. The van der Waals surface area contributed by atoms with Crippen molar-refractivity contribution in [3.63, 3.8) is 0 Å². The number of aliphatic hydroxyl groups excluding tert-OH is 1. The Balaban J connectivity index is 1.78. The van der Waals surface area contributed by atoms with Crippen molar-refractivity contribution in [1.82, 2.24) is 5.32 Å². The molecule has 0 fully saturated rings. The molecule has 0 saturated carbocycles. The normalized spacial score (nSPS) is 12.3. The first kappa shape index (κ1) is 15.7. The lowest BCUT2D eigenvalue weighted by atomic mass is 10.0. The fourth-order valence-electron chi connectivity index (χ4n) is 2.22. The van der Waals surface area contributed by atoms with E-state index in [1.807, 2.05) is 6.07 Å². The first-order valence-electron chi connectivity index (χ1n) is 7.31. The molecule has 0 bridgehead atoms. The lowest BCUT2D eigenvalue weighted by molar-refractivity contribution is 0.0594. The molecular formula is C18H23NO2. The Kier molecular flexibility index (Phi) is 6.41. The highest BCUT2D eigenvalue weighted by Gasteiger charge is 2.02. The highest BCUT2D eigenvalue weighted by molar-refractivity contribution is 5.63. The average molecular weight is 285 g/mol. The Labute approximate surface area is 126 Å². The van der Waals surface area contributed by atoms with Gasteiger partial charge >= 0.3 is 0 Å². The van der Waals surface area contributed by atoms with Gasteiger partial charge in [-0.25, -0.2) is 0 Å². The number of hydrogen-bond acceptors (Lipinski definition) is 3. The molecule has 0 radical (unpaired) electrons. The lowest BCUT2D eigenvalue weighted by Crippen LogP contribution is -2.22. The molecule has 2 aromatic carbocycles. The number of rotatable bonds is 8. The molecule has 0 aliphatic rings. The largest absolute Gasteiger partial charge is 0.391 e. The number of methoxy groups -OCH3 is 1. The number of nitrogens with one attached hydrogen (secondary N) is 1. The van der Waals surface area contributed by atoms with Crippen molar-refractivity contribution in [1.29, 1.82) is 0 Å². The third-order valence-electron chi connectivity index (χ3n) is 3.40. The van der Waals surface area contributed by atoms with E-state index in [-0.39, 0.29) is 6.10 Å². The van der Waals surface area contributed by atoms with Gasteiger partial charge in [-0.3, -0.25) is 0 Å². The van der Waals surface area contributed by atoms with Crippen molar-refractivity contribution in [2.45, 2.75) is 19.1 Å². The van der Waals surface area contributed by atoms with Gasteiger partial charge in [-0.15, -0.1) is 0 Å². The molecule has 0 aliphatic heterocycles. The summed E-state index contributed by atoms with van der Waals surface area (Å²) >= 11 is 0. The quantitative estimate of drug-likeness (QED) is 0.733. The summed E-state index contributed by atoms with van der Waals surface area (Å²) in [7, 11) is 1.60. The van der Waals surface area contributed by atoms with Crippen molar-refractivity contribution in [3.05, 3.63) is 60.2 Å². The van der Waals surface area contributed by atoms with Crippen LogP contribution in [0.5, 0.6) is 0 Å². The van der Waals surface area contributed by atoms with Gasteiger partial charge < -0.3 is 15.2 Å². The van der Waals surface area contributed by atoms with E-state index in [2.05, 4.69) is 53.8 Å². The van der Waals surface area contributed by atoms with E-state index in [1.54, 1.807) is 7.11 Å². The van der Waals surface area contributed by atoms with Gasteiger partial charge in [0.05, 0.1) is 12.7 Å². The Morgan fingerprint density at radius 3 is 2.33 bits per heavy atom. The van der Waals surface area contributed by atoms with E-state index in [0.29, 0.717) is 13.0 Å². The molecule has 21 heavy (non-hydrogen) atoms. The fourth-order valence-corrected chi connectivity index (χ4v) is 2.22. The Hall–Kier alpha value is -1.68. The summed E-state index contributed by atoms with van der Waals surface area (Å²) in [6.45, 7) is 1.99. The van der Waals surface area contributed by atoms with Gasteiger partial charge in [0.2, 0.25) is 0 Å². The Morgan fingerprint density at radius 2 is 1.67 bits per heavy atom. The molecule has 2 N–H and O–H groups in total. The minimum Gasteiger partial charge on any atom is -0.391 e. The van der Waals surface area contributed by atoms with Crippen LogP contribution in [0, 0.1) is 0 Å². The molecule has 0 aromatic heterocycles. The van der Waals surface area contributed by atoms with Gasteiger partial charge in [0, 0.05) is 13.7 Å². The molecule has 0 aliphatic carbocycles. The van der Waals surface area contributed by atoms with E-state index in [4.69, 9.17) is 4.74 Å². The molecule has 0 heterocycles. The molecule has 3 heteroatoms. The predicted octanol–water partition coefficient (Wildman–Crippen LogP) is 2.84. The molecule has 1 unspecified atom stereocenters. The first-order valence-corrected chi connectivity index (χ1v) is 7.31. The molecule has 1 atom stereocenters. The maximum Gasteiger partial charge on any atom is 0.0785 e. The van der Waals surface area contributed by atoms with Gasteiger partial charge in [-0.2, -0.15) is 0 Å². The van der Waals surface area contributed by atoms with Crippen LogP contribution in [-0.4, -0.2) is 31.5 Å². The third kappa shape index (κ3) is 5.31. The molecule has 0 spiro atoms. The lowest BCUT2D eigenvalue weighted by Gasteiger charge is -2.10. The summed E-state index contributed by atoms with van der Waals surface area (Å²) in [6, 6.07) is 18.9. The molecule has 2 aromatic rings. The van der Waals surface area contributed by atoms with Crippen LogP contribution < -0.4 is 5.32 Å². The van der Waals surface area contributed by atoms with Crippen molar-refractivity contribution in [2.75, 3.05) is 20.3 Å². The zero-order chi connectivity index (χ0) is 14.9. The van der Waals surface area contributed by atoms with E-state index < -0.39 is 0 Å². The summed E-state index contributed by atoms with van der Waals surface area (Å²) in [6.07, 6.45) is 0.318. The molecular weight excluding hydrogens is 262 g/mol. The zero-order valence-corrected chi connectivity index (χ0v) is 12.5. The number of ether oxygens (including phenoxy) is 1. The van der Waals surface area contributed by atoms with Gasteiger partial charge in [-0.05, 0) is 29.7 Å². The van der Waals surface area contributed by atoms with Crippen LogP contribution in [0.25, 0.3) is 11.1 Å². The second kappa shape index (κ2) is 8.57. The highest BCUT2D eigenvalue weighted by Crippen LogP contribution is 2.19. The summed E-state index contributed by atoms with van der Waals surface area (Å²) in [5.74, 6) is 0. The van der Waals surface area contributed by atoms with Crippen LogP contribution in [0.4, 0.5) is 0 Å². The summed E-state index contributed by atoms with van der Waals surface area (Å²) in [5, 5.41) is 12.9. The SMILES string of the molecule is COCC(O)CCNCc1ccc(-c2ccccc2)cc1. The van der Waals surface area contributed by atoms with Crippen LogP contribution in [-0.2, 0) is 11.3 Å². The third-order valence-corrected chi connectivity index (χ3v) is 3.40. The second-order valence-corrected chi connectivity index (χ2v) is 5.14. The monoisotopic (exact) mass is 285 g/mol. The van der Waals surface area contributed by atoms with Crippen LogP contribution in [0.15, 0.2) is 54.6 Å². The van der Waals surface area contributed by atoms with Crippen molar-refractivity contribution in [2.24, 2.45) is 0 Å². The van der Waals surface area contributed by atoms with Crippen molar-refractivity contribution >= 4 is 0 Å². The smallest absolute Gasteiger partial charge is 0.0785 e. The van der Waals surface area contributed by atoms with Crippen LogP contribution >= 0.6 is 0 Å². The van der Waals surface area contributed by atoms with Crippen LogP contribution in [0.3, 0.4) is 0 Å². The Bertz CT molecular complexity index is 511. The summed E-state index contributed by atoms with van der Waals surface area (Å²) < 4.78 is 4.90. The summed E-state index contributed by atoms with van der Waals surface area (Å²) in [5.41, 5.74) is 3.71. The van der Waals surface area contributed by atoms with Crippen LogP contribution in [0.1, 0.15) is 12.0 Å². The van der Waals surface area contributed by atoms with E-state index in [1.165, 1.54) is 16.7 Å². The number of benzene rings is 2. The maximum atomic E-state index is 9.54.